The van der Waals surface area contributed by atoms with Gasteiger partial charge in [0.1, 0.15) is 5.82 Å². The van der Waals surface area contributed by atoms with Crippen LogP contribution >= 0.6 is 0 Å². The molecule has 22 heavy (non-hydrogen) atoms. The zero-order chi connectivity index (χ0) is 15.8. The van der Waals surface area contributed by atoms with Gasteiger partial charge >= 0.3 is 6.03 Å². The molecule has 0 aromatic heterocycles. The van der Waals surface area contributed by atoms with E-state index >= 15 is 0 Å². The van der Waals surface area contributed by atoms with Gasteiger partial charge < -0.3 is 15.5 Å². The number of benzene rings is 1. The molecule has 0 radical (unpaired) electrons. The smallest absolute Gasteiger partial charge is 0.314 e. The average Bonchev–Trinajstić information content (AvgIpc) is 3.03. The molecule has 1 heterocycles. The van der Waals surface area contributed by atoms with E-state index in [4.69, 9.17) is 0 Å². The van der Waals surface area contributed by atoms with E-state index in [1.807, 2.05) is 4.90 Å². The highest BCUT2D eigenvalue weighted by Gasteiger charge is 2.17. The predicted molar refractivity (Wildman–Crippen MR) is 81.9 cm³/mol. The van der Waals surface area contributed by atoms with Crippen molar-refractivity contribution in [2.24, 2.45) is 0 Å². The molecule has 1 fully saturated rings. The van der Waals surface area contributed by atoms with Crippen LogP contribution in [0.3, 0.4) is 0 Å². The summed E-state index contributed by atoms with van der Waals surface area (Å²) in [5.41, 5.74) is 0.964. The molecule has 1 aliphatic rings. The fourth-order valence-electron chi connectivity index (χ4n) is 2.44. The highest BCUT2D eigenvalue weighted by Crippen LogP contribution is 2.08. The lowest BCUT2D eigenvalue weighted by molar-refractivity contribution is -0.129. The lowest BCUT2D eigenvalue weighted by Gasteiger charge is -2.15. The highest BCUT2D eigenvalue weighted by atomic mass is 19.1. The van der Waals surface area contributed by atoms with Crippen molar-refractivity contribution in [2.75, 3.05) is 26.2 Å². The molecule has 0 atom stereocenters. The first-order chi connectivity index (χ1) is 10.6. The number of halogens is 1. The number of carbonyl (C=O) groups excluding carboxylic acids is 2. The summed E-state index contributed by atoms with van der Waals surface area (Å²) in [7, 11) is 0. The fraction of sp³-hybridized carbons (Fsp3) is 0.500. The molecule has 1 aromatic rings. The van der Waals surface area contributed by atoms with Crippen molar-refractivity contribution in [1.82, 2.24) is 15.5 Å². The van der Waals surface area contributed by atoms with Crippen LogP contribution in [0.2, 0.25) is 0 Å². The van der Waals surface area contributed by atoms with Crippen molar-refractivity contribution in [3.8, 4) is 0 Å². The number of urea groups is 1. The number of amides is 3. The summed E-state index contributed by atoms with van der Waals surface area (Å²) in [6.07, 6.45) is 3.12. The molecule has 2 N–H and O–H groups in total. The summed E-state index contributed by atoms with van der Waals surface area (Å²) in [5.74, 6) is -0.166. The maximum atomic E-state index is 12.7. The molecule has 5 nitrogen and oxygen atoms in total. The van der Waals surface area contributed by atoms with Gasteiger partial charge in [-0.05, 0) is 37.0 Å². The lowest BCUT2D eigenvalue weighted by Crippen LogP contribution is -2.39. The summed E-state index contributed by atoms with van der Waals surface area (Å²) in [5, 5.41) is 5.40. The first kappa shape index (κ1) is 16.3. The first-order valence-electron chi connectivity index (χ1n) is 7.69. The Morgan fingerprint density at radius 2 is 1.68 bits per heavy atom. The second-order valence-corrected chi connectivity index (χ2v) is 5.40. The van der Waals surface area contributed by atoms with Crippen LogP contribution in [0.5, 0.6) is 0 Å². The Labute approximate surface area is 129 Å². The van der Waals surface area contributed by atoms with Gasteiger partial charge in [0.05, 0.1) is 0 Å². The summed E-state index contributed by atoms with van der Waals surface area (Å²) < 4.78 is 12.7. The average molecular weight is 307 g/mol. The van der Waals surface area contributed by atoms with Crippen LogP contribution in [0, 0.1) is 5.82 Å². The molecule has 0 spiro atoms. The number of rotatable bonds is 6. The first-order valence-corrected chi connectivity index (χ1v) is 7.69. The van der Waals surface area contributed by atoms with E-state index in [2.05, 4.69) is 10.6 Å². The third-order valence-corrected chi connectivity index (χ3v) is 3.70. The molecule has 1 aromatic carbocycles. The summed E-state index contributed by atoms with van der Waals surface area (Å²) >= 11 is 0. The molecule has 0 unspecified atom stereocenters. The summed E-state index contributed by atoms with van der Waals surface area (Å²) in [6.45, 7) is 2.49. The third kappa shape index (κ3) is 5.35. The van der Waals surface area contributed by atoms with Crippen LogP contribution in [0.15, 0.2) is 24.3 Å². The second kappa shape index (κ2) is 8.36. The molecule has 0 aliphatic carbocycles. The quantitative estimate of drug-likeness (QED) is 0.840. The maximum absolute atomic E-state index is 12.7. The van der Waals surface area contributed by atoms with Crippen LogP contribution in [0.25, 0.3) is 0 Å². The van der Waals surface area contributed by atoms with Gasteiger partial charge in [0.2, 0.25) is 5.91 Å². The molecule has 2 rings (SSSR count). The van der Waals surface area contributed by atoms with Crippen molar-refractivity contribution in [2.45, 2.75) is 25.7 Å². The number of likely N-dealkylation sites (tertiary alicyclic amines) is 1. The topological polar surface area (TPSA) is 61.4 Å². The second-order valence-electron chi connectivity index (χ2n) is 5.40. The van der Waals surface area contributed by atoms with E-state index in [1.54, 1.807) is 12.1 Å². The van der Waals surface area contributed by atoms with Gasteiger partial charge in [0.15, 0.2) is 0 Å². The van der Waals surface area contributed by atoms with Crippen molar-refractivity contribution in [3.05, 3.63) is 35.6 Å². The fourth-order valence-corrected chi connectivity index (χ4v) is 2.44. The Kier molecular flexibility index (Phi) is 6.18. The van der Waals surface area contributed by atoms with Crippen molar-refractivity contribution in [1.29, 1.82) is 0 Å². The number of hydrogen-bond donors (Lipinski definition) is 2. The zero-order valence-electron chi connectivity index (χ0n) is 12.6. The highest BCUT2D eigenvalue weighted by molar-refractivity contribution is 5.78. The van der Waals surface area contributed by atoms with Crippen molar-refractivity contribution in [3.63, 3.8) is 0 Å². The van der Waals surface area contributed by atoms with Gasteiger partial charge in [0, 0.05) is 32.6 Å². The van der Waals surface area contributed by atoms with E-state index in [0.717, 1.165) is 31.5 Å². The molecular weight excluding hydrogens is 285 g/mol. The summed E-state index contributed by atoms with van der Waals surface area (Å²) in [4.78, 5) is 25.2. The standard InChI is InChI=1S/C16H22FN3O2/c17-14-5-3-13(4-6-14)7-9-18-16(22)19-10-8-15(21)20-11-1-2-12-20/h3-6H,1-2,7-12H2,(H2,18,19,22). The third-order valence-electron chi connectivity index (χ3n) is 3.70. The Balaban J connectivity index is 1.55. The van der Waals surface area contributed by atoms with Crippen LogP contribution in [0.4, 0.5) is 9.18 Å². The van der Waals surface area contributed by atoms with Gasteiger partial charge in [-0.25, -0.2) is 9.18 Å². The number of carbonyl (C=O) groups is 2. The molecule has 1 saturated heterocycles. The van der Waals surface area contributed by atoms with E-state index in [-0.39, 0.29) is 17.8 Å². The maximum Gasteiger partial charge on any atom is 0.314 e. The minimum atomic E-state index is -0.281. The Morgan fingerprint density at radius 1 is 1.05 bits per heavy atom. The monoisotopic (exact) mass is 307 g/mol. The Hall–Kier alpha value is -2.11. The largest absolute Gasteiger partial charge is 0.343 e. The summed E-state index contributed by atoms with van der Waals surface area (Å²) in [6, 6.07) is 5.92. The van der Waals surface area contributed by atoms with Gasteiger partial charge in [-0.3, -0.25) is 4.79 Å². The Bertz CT molecular complexity index is 499. The van der Waals surface area contributed by atoms with Crippen molar-refractivity contribution >= 4 is 11.9 Å². The predicted octanol–water partition coefficient (Wildman–Crippen LogP) is 1.68. The van der Waals surface area contributed by atoms with E-state index in [0.29, 0.717) is 25.9 Å². The van der Waals surface area contributed by atoms with Gasteiger partial charge in [-0.15, -0.1) is 0 Å². The molecule has 0 saturated carbocycles. The number of nitrogens with zero attached hydrogens (tertiary/aromatic N) is 1. The molecule has 0 bridgehead atoms. The van der Waals surface area contributed by atoms with Crippen LogP contribution in [0.1, 0.15) is 24.8 Å². The van der Waals surface area contributed by atoms with Gasteiger partial charge in [0.25, 0.3) is 0 Å². The normalized spacial score (nSPS) is 14.0. The van der Waals surface area contributed by atoms with E-state index in [9.17, 15) is 14.0 Å². The van der Waals surface area contributed by atoms with Crippen LogP contribution in [-0.4, -0.2) is 43.0 Å². The number of hydrogen-bond acceptors (Lipinski definition) is 2. The van der Waals surface area contributed by atoms with Gasteiger partial charge in [-0.1, -0.05) is 12.1 Å². The molecule has 3 amide bonds. The van der Waals surface area contributed by atoms with E-state index < -0.39 is 0 Å². The SMILES string of the molecule is O=C(NCCC(=O)N1CCCC1)NCCc1ccc(F)cc1. The van der Waals surface area contributed by atoms with Crippen LogP contribution in [-0.2, 0) is 11.2 Å². The van der Waals surface area contributed by atoms with Crippen molar-refractivity contribution < 1.29 is 14.0 Å². The molecule has 6 heteroatoms. The minimum Gasteiger partial charge on any atom is -0.343 e. The number of nitrogens with one attached hydrogen (secondary N) is 2. The molecule has 1 aliphatic heterocycles. The van der Waals surface area contributed by atoms with E-state index in [1.165, 1.54) is 12.1 Å². The minimum absolute atomic E-state index is 0.101. The molecule has 120 valence electrons. The molecular formula is C16H22FN3O2. The van der Waals surface area contributed by atoms with Gasteiger partial charge in [-0.2, -0.15) is 0 Å². The zero-order valence-corrected chi connectivity index (χ0v) is 12.6. The Morgan fingerprint density at radius 3 is 2.36 bits per heavy atom. The lowest BCUT2D eigenvalue weighted by atomic mass is 10.1. The van der Waals surface area contributed by atoms with Crippen LogP contribution < -0.4 is 10.6 Å².